The number of ether oxygens (including phenoxy) is 1. The Morgan fingerprint density at radius 3 is 2.88 bits per heavy atom. The average Bonchev–Trinajstić information content (AvgIpc) is 2.27. The smallest absolute Gasteiger partial charge is 0.325 e. The lowest BCUT2D eigenvalue weighted by atomic mass is 10.2. The molecule has 0 fully saturated rings. The summed E-state index contributed by atoms with van der Waals surface area (Å²) in [6.45, 7) is 3.69. The van der Waals surface area contributed by atoms with Crippen LogP contribution in [0.3, 0.4) is 0 Å². The van der Waals surface area contributed by atoms with Gasteiger partial charge in [-0.3, -0.25) is 14.9 Å². The van der Waals surface area contributed by atoms with Crippen molar-refractivity contribution < 1.29 is 14.5 Å². The quantitative estimate of drug-likeness (QED) is 0.472. The van der Waals surface area contributed by atoms with Crippen molar-refractivity contribution in [1.29, 1.82) is 0 Å². The molecule has 0 aliphatic carbocycles. The highest BCUT2D eigenvalue weighted by Gasteiger charge is 2.10. The molecule has 1 N–H and O–H groups in total. The van der Waals surface area contributed by atoms with Crippen molar-refractivity contribution in [3.05, 3.63) is 27.9 Å². The zero-order valence-electron chi connectivity index (χ0n) is 9.60. The van der Waals surface area contributed by atoms with Gasteiger partial charge in [0.1, 0.15) is 18.6 Å². The minimum absolute atomic E-state index is 0.0144. The maximum Gasteiger partial charge on any atom is 0.325 e. The highest BCUT2D eigenvalue weighted by atomic mass is 16.6. The van der Waals surface area contributed by atoms with Crippen LogP contribution in [0.2, 0.25) is 0 Å². The van der Waals surface area contributed by atoms with Gasteiger partial charge in [-0.1, -0.05) is 0 Å². The van der Waals surface area contributed by atoms with Gasteiger partial charge in [-0.25, -0.2) is 4.98 Å². The molecule has 17 heavy (non-hydrogen) atoms. The molecule has 0 saturated heterocycles. The van der Waals surface area contributed by atoms with E-state index in [1.54, 1.807) is 13.8 Å². The van der Waals surface area contributed by atoms with Crippen molar-refractivity contribution in [2.24, 2.45) is 0 Å². The molecule has 0 bridgehead atoms. The van der Waals surface area contributed by atoms with Crippen molar-refractivity contribution in [2.75, 3.05) is 18.5 Å². The summed E-state index contributed by atoms with van der Waals surface area (Å²) in [6, 6.07) is 1.39. The SMILES string of the molecule is CCOC(=O)CNc1ncc([N+](=O)[O-])cc1C. The van der Waals surface area contributed by atoms with Crippen LogP contribution in [0.1, 0.15) is 12.5 Å². The number of hydrogen-bond donors (Lipinski definition) is 1. The summed E-state index contributed by atoms with van der Waals surface area (Å²) < 4.78 is 4.73. The van der Waals surface area contributed by atoms with E-state index in [4.69, 9.17) is 4.74 Å². The molecule has 7 heteroatoms. The summed E-state index contributed by atoms with van der Waals surface area (Å²) in [5.41, 5.74) is 0.521. The van der Waals surface area contributed by atoms with E-state index < -0.39 is 10.9 Å². The molecule has 7 nitrogen and oxygen atoms in total. The topological polar surface area (TPSA) is 94.4 Å². The molecule has 92 valence electrons. The summed E-state index contributed by atoms with van der Waals surface area (Å²) in [5.74, 6) is 0.0377. The molecule has 0 unspecified atom stereocenters. The van der Waals surface area contributed by atoms with Gasteiger partial charge in [-0.05, 0) is 19.4 Å². The van der Waals surface area contributed by atoms with E-state index >= 15 is 0 Å². The van der Waals surface area contributed by atoms with Crippen LogP contribution in [-0.2, 0) is 9.53 Å². The maximum absolute atomic E-state index is 11.1. The van der Waals surface area contributed by atoms with E-state index in [9.17, 15) is 14.9 Å². The molecule has 0 spiro atoms. The number of nitro groups is 1. The average molecular weight is 239 g/mol. The number of hydrogen-bond acceptors (Lipinski definition) is 6. The number of aromatic nitrogens is 1. The number of rotatable bonds is 5. The number of pyridine rings is 1. The van der Waals surface area contributed by atoms with Crippen molar-refractivity contribution in [3.8, 4) is 0 Å². The Bertz CT molecular complexity index is 434. The van der Waals surface area contributed by atoms with Gasteiger partial charge in [0.05, 0.1) is 11.5 Å². The summed E-state index contributed by atoms with van der Waals surface area (Å²) in [4.78, 5) is 24.9. The Morgan fingerprint density at radius 2 is 2.35 bits per heavy atom. The number of nitrogens with zero attached hydrogens (tertiary/aromatic N) is 2. The van der Waals surface area contributed by atoms with E-state index in [0.717, 1.165) is 6.20 Å². The fourth-order valence-electron chi connectivity index (χ4n) is 1.21. The molecule has 0 aromatic carbocycles. The first-order valence-corrected chi connectivity index (χ1v) is 5.05. The van der Waals surface area contributed by atoms with Crippen LogP contribution in [0.15, 0.2) is 12.3 Å². The van der Waals surface area contributed by atoms with E-state index in [2.05, 4.69) is 10.3 Å². The molecule has 0 saturated carbocycles. The molecular weight excluding hydrogens is 226 g/mol. The molecule has 0 atom stereocenters. The van der Waals surface area contributed by atoms with Crippen LogP contribution in [0.25, 0.3) is 0 Å². The second-order valence-electron chi connectivity index (χ2n) is 3.27. The van der Waals surface area contributed by atoms with Gasteiger partial charge < -0.3 is 10.1 Å². The van der Waals surface area contributed by atoms with E-state index in [0.29, 0.717) is 18.0 Å². The molecule has 0 amide bonds. The fraction of sp³-hybridized carbons (Fsp3) is 0.400. The van der Waals surface area contributed by atoms with Crippen LogP contribution in [0.4, 0.5) is 11.5 Å². The van der Waals surface area contributed by atoms with Crippen LogP contribution in [0.5, 0.6) is 0 Å². The van der Waals surface area contributed by atoms with E-state index in [1.807, 2.05) is 0 Å². The lowest BCUT2D eigenvalue weighted by Crippen LogP contribution is -2.17. The van der Waals surface area contributed by atoms with Crippen molar-refractivity contribution in [1.82, 2.24) is 4.98 Å². The van der Waals surface area contributed by atoms with Gasteiger partial charge in [0, 0.05) is 6.07 Å². The first-order chi connectivity index (χ1) is 8.04. The van der Waals surface area contributed by atoms with Gasteiger partial charge in [0.2, 0.25) is 0 Å². The Labute approximate surface area is 98.0 Å². The van der Waals surface area contributed by atoms with Crippen LogP contribution in [-0.4, -0.2) is 29.0 Å². The Hall–Kier alpha value is -2.18. The summed E-state index contributed by atoms with van der Waals surface area (Å²) in [6.07, 6.45) is 1.14. The molecule has 1 aromatic rings. The van der Waals surface area contributed by atoms with Crippen molar-refractivity contribution >= 4 is 17.5 Å². The van der Waals surface area contributed by atoms with Crippen molar-refractivity contribution in [2.45, 2.75) is 13.8 Å². The zero-order chi connectivity index (χ0) is 12.8. The summed E-state index contributed by atoms with van der Waals surface area (Å²) >= 11 is 0. The fourth-order valence-corrected chi connectivity index (χ4v) is 1.21. The number of carbonyl (C=O) groups is 1. The lowest BCUT2D eigenvalue weighted by molar-refractivity contribution is -0.385. The molecular formula is C10H13N3O4. The normalized spacial score (nSPS) is 9.76. The first kappa shape index (κ1) is 12.9. The third-order valence-corrected chi connectivity index (χ3v) is 1.98. The number of esters is 1. The Balaban J connectivity index is 2.66. The third-order valence-electron chi connectivity index (χ3n) is 1.98. The van der Waals surface area contributed by atoms with Gasteiger partial charge in [-0.2, -0.15) is 0 Å². The standard InChI is InChI=1S/C10H13N3O4/c1-3-17-9(14)6-12-10-7(2)4-8(5-11-10)13(15)16/h4-5H,3,6H2,1-2H3,(H,11,12). The Kier molecular flexibility index (Phi) is 4.38. The van der Waals surface area contributed by atoms with Crippen LogP contribution in [0, 0.1) is 17.0 Å². The highest BCUT2D eigenvalue weighted by molar-refractivity contribution is 5.74. The molecule has 0 aliphatic heterocycles. The van der Waals surface area contributed by atoms with Gasteiger partial charge in [-0.15, -0.1) is 0 Å². The van der Waals surface area contributed by atoms with E-state index in [-0.39, 0.29) is 12.2 Å². The van der Waals surface area contributed by atoms with Gasteiger partial charge in [0.25, 0.3) is 5.69 Å². The van der Waals surface area contributed by atoms with Gasteiger partial charge in [0.15, 0.2) is 0 Å². The molecule has 0 radical (unpaired) electrons. The first-order valence-electron chi connectivity index (χ1n) is 5.05. The number of nitrogens with one attached hydrogen (secondary N) is 1. The Morgan fingerprint density at radius 1 is 1.65 bits per heavy atom. The summed E-state index contributed by atoms with van der Waals surface area (Å²) in [5, 5.41) is 13.2. The maximum atomic E-state index is 11.1. The minimum atomic E-state index is -0.519. The van der Waals surface area contributed by atoms with Crippen LogP contribution < -0.4 is 5.32 Å². The molecule has 1 aromatic heterocycles. The predicted molar refractivity (Wildman–Crippen MR) is 60.8 cm³/mol. The lowest BCUT2D eigenvalue weighted by Gasteiger charge is -2.07. The minimum Gasteiger partial charge on any atom is -0.465 e. The number of aryl methyl sites for hydroxylation is 1. The highest BCUT2D eigenvalue weighted by Crippen LogP contribution is 2.17. The third kappa shape index (κ3) is 3.71. The second kappa shape index (κ2) is 5.78. The van der Waals surface area contributed by atoms with Crippen molar-refractivity contribution in [3.63, 3.8) is 0 Å². The summed E-state index contributed by atoms with van der Waals surface area (Å²) in [7, 11) is 0. The van der Waals surface area contributed by atoms with Gasteiger partial charge >= 0.3 is 5.97 Å². The largest absolute Gasteiger partial charge is 0.465 e. The molecule has 1 rings (SSSR count). The second-order valence-corrected chi connectivity index (χ2v) is 3.27. The van der Waals surface area contributed by atoms with E-state index in [1.165, 1.54) is 6.07 Å². The number of anilines is 1. The predicted octanol–water partition coefficient (Wildman–Crippen LogP) is 1.27. The van der Waals surface area contributed by atoms with Crippen LogP contribution >= 0.6 is 0 Å². The monoisotopic (exact) mass is 239 g/mol. The molecule has 1 heterocycles. The molecule has 0 aliphatic rings. The number of carbonyl (C=O) groups excluding carboxylic acids is 1. The zero-order valence-corrected chi connectivity index (χ0v) is 9.60.